The number of para-hydroxylation sites is 2. The van der Waals surface area contributed by atoms with Crippen molar-refractivity contribution >= 4 is 43.6 Å². The van der Waals surface area contributed by atoms with Crippen LogP contribution in [0.15, 0.2) is 121 Å². The number of hydrogen-bond acceptors (Lipinski definition) is 3. The molecule has 5 heteroatoms. The number of fused-ring (bicyclic) bond motifs is 6. The summed E-state index contributed by atoms with van der Waals surface area (Å²) in [4.78, 5) is 0. The zero-order valence-electron chi connectivity index (χ0n) is 24.3. The van der Waals surface area contributed by atoms with Gasteiger partial charge in [0, 0.05) is 21.5 Å². The molecule has 8 aromatic rings. The van der Waals surface area contributed by atoms with Crippen LogP contribution < -0.4 is 0 Å². The van der Waals surface area contributed by atoms with Gasteiger partial charge < -0.3 is 9.13 Å². The van der Waals surface area contributed by atoms with E-state index < -0.39 is 0 Å². The van der Waals surface area contributed by atoms with Gasteiger partial charge in [0.15, 0.2) is 0 Å². The minimum atomic E-state index is 0.606. The van der Waals surface area contributed by atoms with Crippen molar-refractivity contribution in [3.63, 3.8) is 0 Å². The number of aromatic nitrogens is 2. The molecule has 208 valence electrons. The summed E-state index contributed by atoms with van der Waals surface area (Å²) in [5.41, 5.74) is 10.9. The van der Waals surface area contributed by atoms with Crippen molar-refractivity contribution in [2.75, 3.05) is 0 Å². The van der Waals surface area contributed by atoms with E-state index in [1.807, 2.05) is 84.9 Å². The molecule has 0 N–H and O–H groups in total. The molecule has 0 aliphatic carbocycles. The Labute approximate surface area is 259 Å². The maximum atomic E-state index is 9.73. The first-order valence-corrected chi connectivity index (χ1v) is 14.6. The molecular weight excluding hydrogens is 550 g/mol. The second-order valence-electron chi connectivity index (χ2n) is 11.2. The molecule has 0 radical (unpaired) electrons. The van der Waals surface area contributed by atoms with Crippen molar-refractivity contribution in [2.24, 2.45) is 0 Å². The Balaban J connectivity index is 1.56. The Morgan fingerprint density at radius 3 is 1.49 bits per heavy atom. The lowest BCUT2D eigenvalue weighted by molar-refractivity contribution is 1.09. The summed E-state index contributed by atoms with van der Waals surface area (Å²) in [5, 5.41) is 33.3. The molecule has 2 heterocycles. The topological polar surface area (TPSA) is 81.2 Å². The van der Waals surface area contributed by atoms with Crippen LogP contribution >= 0.6 is 0 Å². The van der Waals surface area contributed by atoms with Crippen molar-refractivity contribution < 1.29 is 0 Å². The maximum absolute atomic E-state index is 9.73. The fourth-order valence-corrected chi connectivity index (χ4v) is 6.71. The van der Waals surface area contributed by atoms with Crippen LogP contribution in [0.1, 0.15) is 22.3 Å². The number of nitriles is 3. The Morgan fingerprint density at radius 2 is 0.933 bits per heavy atom. The minimum Gasteiger partial charge on any atom is -0.307 e. The molecule has 2 aromatic heterocycles. The number of hydrogen-bond donors (Lipinski definition) is 0. The molecule has 0 saturated heterocycles. The molecule has 0 unspecified atom stereocenters. The van der Waals surface area contributed by atoms with E-state index in [9.17, 15) is 15.8 Å². The third-order valence-corrected chi connectivity index (χ3v) is 8.71. The van der Waals surface area contributed by atoms with E-state index in [1.165, 1.54) is 0 Å². The summed E-state index contributed by atoms with van der Waals surface area (Å²) in [7, 11) is 0. The van der Waals surface area contributed by atoms with Gasteiger partial charge in [0.2, 0.25) is 0 Å². The summed E-state index contributed by atoms with van der Waals surface area (Å²) in [5.74, 6) is 0. The van der Waals surface area contributed by atoms with E-state index in [0.29, 0.717) is 16.7 Å². The van der Waals surface area contributed by atoms with Crippen LogP contribution in [0.25, 0.3) is 66.1 Å². The van der Waals surface area contributed by atoms with Crippen LogP contribution in [0.5, 0.6) is 0 Å². The fraction of sp³-hybridized carbons (Fsp3) is 0.0250. The van der Waals surface area contributed by atoms with Gasteiger partial charge in [-0.2, -0.15) is 15.8 Å². The second kappa shape index (κ2) is 9.99. The van der Waals surface area contributed by atoms with Crippen molar-refractivity contribution in [1.82, 2.24) is 9.13 Å². The zero-order chi connectivity index (χ0) is 30.7. The summed E-state index contributed by atoms with van der Waals surface area (Å²) < 4.78 is 4.57. The van der Waals surface area contributed by atoms with Gasteiger partial charge in [-0.25, -0.2) is 0 Å². The van der Waals surface area contributed by atoms with Crippen molar-refractivity contribution in [2.45, 2.75) is 6.92 Å². The number of rotatable bonds is 3. The SMILES string of the molecule is Cc1cc(-n2c3ccccc3c3cc(C#N)ccc32)c(-n2c3ccccc3c3cc(C#N)ccc32)cc1-c1cccc(C#N)c1. The Kier molecular flexibility index (Phi) is 5.78. The molecule has 0 spiro atoms. The van der Waals surface area contributed by atoms with E-state index in [1.54, 1.807) is 0 Å². The van der Waals surface area contributed by atoms with E-state index in [-0.39, 0.29) is 0 Å². The Morgan fingerprint density at radius 1 is 0.444 bits per heavy atom. The van der Waals surface area contributed by atoms with Gasteiger partial charge in [0.05, 0.1) is 68.3 Å². The molecule has 5 nitrogen and oxygen atoms in total. The first kappa shape index (κ1) is 26.1. The molecule has 0 amide bonds. The lowest BCUT2D eigenvalue weighted by Crippen LogP contribution is -2.05. The van der Waals surface area contributed by atoms with Crippen molar-refractivity contribution in [1.29, 1.82) is 15.8 Å². The molecule has 0 saturated carbocycles. The van der Waals surface area contributed by atoms with Crippen LogP contribution in [0.2, 0.25) is 0 Å². The first-order valence-electron chi connectivity index (χ1n) is 14.6. The largest absolute Gasteiger partial charge is 0.307 e. The third kappa shape index (κ3) is 3.91. The predicted octanol–water partition coefficient (Wildman–Crippen LogP) is 9.47. The van der Waals surface area contributed by atoms with Crippen LogP contribution in [-0.4, -0.2) is 9.13 Å². The van der Waals surface area contributed by atoms with Crippen LogP contribution in [0.4, 0.5) is 0 Å². The van der Waals surface area contributed by atoms with Gasteiger partial charge in [0.1, 0.15) is 0 Å². The smallest absolute Gasteiger partial charge is 0.0991 e. The highest BCUT2D eigenvalue weighted by Crippen LogP contribution is 2.41. The van der Waals surface area contributed by atoms with Crippen LogP contribution in [0.3, 0.4) is 0 Å². The van der Waals surface area contributed by atoms with E-state index in [2.05, 4.69) is 70.7 Å². The van der Waals surface area contributed by atoms with Gasteiger partial charge >= 0.3 is 0 Å². The molecular formula is C40H23N5. The second-order valence-corrected chi connectivity index (χ2v) is 11.2. The minimum absolute atomic E-state index is 0.606. The van der Waals surface area contributed by atoms with Gasteiger partial charge in [-0.1, -0.05) is 48.5 Å². The average Bonchev–Trinajstić information content (AvgIpc) is 3.60. The van der Waals surface area contributed by atoms with E-state index in [0.717, 1.165) is 71.7 Å². The van der Waals surface area contributed by atoms with Crippen LogP contribution in [-0.2, 0) is 0 Å². The van der Waals surface area contributed by atoms with Crippen LogP contribution in [0, 0.1) is 40.9 Å². The first-order chi connectivity index (χ1) is 22.1. The highest BCUT2D eigenvalue weighted by atomic mass is 15.1. The number of nitrogens with zero attached hydrogens (tertiary/aromatic N) is 5. The highest BCUT2D eigenvalue weighted by Gasteiger charge is 2.21. The average molecular weight is 574 g/mol. The molecule has 45 heavy (non-hydrogen) atoms. The molecule has 6 aromatic carbocycles. The van der Waals surface area contributed by atoms with Crippen molar-refractivity contribution in [3.8, 4) is 40.7 Å². The van der Waals surface area contributed by atoms with Gasteiger partial charge in [-0.3, -0.25) is 0 Å². The molecule has 0 atom stereocenters. The standard InChI is InChI=1S/C40H23N5/c1-25-17-39(44-35-11-4-2-9-30(35)33-19-27(23-42)13-15-37(33)44)40(21-32(25)29-8-6-7-26(18-29)22-41)45-36-12-5-3-10-31(36)34-20-28(24-43)14-16-38(34)45/h2-21H,1H3. The van der Waals surface area contributed by atoms with Gasteiger partial charge in [-0.05, 0) is 96.4 Å². The maximum Gasteiger partial charge on any atom is 0.0991 e. The van der Waals surface area contributed by atoms with E-state index in [4.69, 9.17) is 0 Å². The van der Waals surface area contributed by atoms with Gasteiger partial charge in [0.25, 0.3) is 0 Å². The Hall–Kier alpha value is -6.61. The highest BCUT2D eigenvalue weighted by molar-refractivity contribution is 6.12. The lowest BCUT2D eigenvalue weighted by Gasteiger charge is -2.20. The molecule has 8 rings (SSSR count). The summed E-state index contributed by atoms with van der Waals surface area (Å²) in [6.07, 6.45) is 0. The monoisotopic (exact) mass is 573 g/mol. The lowest BCUT2D eigenvalue weighted by atomic mass is 9.97. The molecule has 0 aliphatic heterocycles. The molecule has 0 aliphatic rings. The Bertz CT molecular complexity index is 2650. The summed E-state index contributed by atoms with van der Waals surface area (Å²) >= 11 is 0. The third-order valence-electron chi connectivity index (χ3n) is 8.71. The number of benzene rings is 6. The summed E-state index contributed by atoms with van der Waals surface area (Å²) in [6, 6.07) is 47.3. The predicted molar refractivity (Wildman–Crippen MR) is 179 cm³/mol. The van der Waals surface area contributed by atoms with Crippen molar-refractivity contribution in [3.05, 3.63) is 144 Å². The normalized spacial score (nSPS) is 11.2. The number of aryl methyl sites for hydroxylation is 1. The van der Waals surface area contributed by atoms with Gasteiger partial charge in [-0.15, -0.1) is 0 Å². The van der Waals surface area contributed by atoms with E-state index >= 15 is 0 Å². The zero-order valence-corrected chi connectivity index (χ0v) is 24.3. The fourth-order valence-electron chi connectivity index (χ4n) is 6.71. The molecule has 0 fully saturated rings. The molecule has 0 bridgehead atoms. The quantitative estimate of drug-likeness (QED) is 0.211. The summed E-state index contributed by atoms with van der Waals surface area (Å²) in [6.45, 7) is 2.11.